The van der Waals surface area contributed by atoms with Crippen molar-refractivity contribution >= 4 is 29.2 Å². The Labute approximate surface area is 196 Å². The highest BCUT2D eigenvalue weighted by Gasteiger charge is 2.33. The number of pyridine rings is 1. The van der Waals surface area contributed by atoms with Crippen molar-refractivity contribution < 1.29 is 9.59 Å². The van der Waals surface area contributed by atoms with E-state index in [1.165, 1.54) is 10.9 Å². The van der Waals surface area contributed by atoms with E-state index < -0.39 is 6.04 Å². The van der Waals surface area contributed by atoms with Gasteiger partial charge < -0.3 is 10.6 Å². The van der Waals surface area contributed by atoms with Crippen LogP contribution in [0.2, 0.25) is 5.02 Å². The molecule has 0 unspecified atom stereocenters. The zero-order valence-electron chi connectivity index (χ0n) is 18.8. The maximum Gasteiger partial charge on any atom is 0.271 e. The fourth-order valence-electron chi connectivity index (χ4n) is 4.27. The van der Waals surface area contributed by atoms with E-state index in [-0.39, 0.29) is 17.7 Å². The molecule has 4 rings (SSSR count). The van der Waals surface area contributed by atoms with Crippen molar-refractivity contribution in [2.75, 3.05) is 5.32 Å². The zero-order chi connectivity index (χ0) is 23.5. The molecule has 0 spiro atoms. The van der Waals surface area contributed by atoms with Gasteiger partial charge in [0.1, 0.15) is 17.6 Å². The highest BCUT2D eigenvalue weighted by atomic mass is 35.5. The Kier molecular flexibility index (Phi) is 6.73. The largest absolute Gasteiger partial charge is 0.339 e. The number of nitrogens with zero attached hydrogens (tertiary/aromatic N) is 6. The van der Waals surface area contributed by atoms with Crippen molar-refractivity contribution in [2.24, 2.45) is 25.9 Å². The molecule has 1 saturated carbocycles. The molecule has 3 aromatic heterocycles. The Morgan fingerprint density at radius 2 is 1.85 bits per heavy atom. The van der Waals surface area contributed by atoms with Gasteiger partial charge in [-0.25, -0.2) is 9.67 Å². The van der Waals surface area contributed by atoms with Gasteiger partial charge >= 0.3 is 0 Å². The average Bonchev–Trinajstić information content (AvgIpc) is 3.38. The van der Waals surface area contributed by atoms with Crippen molar-refractivity contribution in [3.8, 4) is 11.3 Å². The molecule has 0 bridgehead atoms. The predicted molar refractivity (Wildman–Crippen MR) is 123 cm³/mol. The van der Waals surface area contributed by atoms with Gasteiger partial charge in [-0.05, 0) is 36.8 Å². The average molecular weight is 471 g/mol. The third kappa shape index (κ3) is 5.05. The minimum Gasteiger partial charge on any atom is -0.339 e. The van der Waals surface area contributed by atoms with Crippen LogP contribution in [0.15, 0.2) is 30.7 Å². The third-order valence-corrected chi connectivity index (χ3v) is 6.51. The standard InChI is InChI=1S/C22H27ClN8O2/c1-13-4-6-14(7-5-13)19(28-21(32)17-12-25-29-30(17)2)22(33)27-18-9-8-15(10-24-18)20-16(23)11-26-31(20)3/h8-14,19H,4-7H2,1-3H3,(H,28,32)(H,24,27,33)/t13?,14?,19-/m0/s1. The molecule has 2 N–H and O–H groups in total. The molecular weight excluding hydrogens is 444 g/mol. The fourth-order valence-corrected chi connectivity index (χ4v) is 4.55. The topological polar surface area (TPSA) is 120 Å². The van der Waals surface area contributed by atoms with Crippen LogP contribution in [0.25, 0.3) is 11.3 Å². The molecule has 3 heterocycles. The van der Waals surface area contributed by atoms with Crippen LogP contribution in [0, 0.1) is 11.8 Å². The second-order valence-electron chi connectivity index (χ2n) is 8.60. The molecule has 0 saturated heterocycles. The van der Waals surface area contributed by atoms with Crippen LogP contribution in [0.3, 0.4) is 0 Å². The number of nitrogens with one attached hydrogen (secondary N) is 2. The number of aryl methyl sites for hydroxylation is 2. The summed E-state index contributed by atoms with van der Waals surface area (Å²) in [4.78, 5) is 30.4. The Morgan fingerprint density at radius 3 is 2.42 bits per heavy atom. The van der Waals surface area contributed by atoms with E-state index in [2.05, 4.69) is 38.0 Å². The molecular formula is C22H27ClN8O2. The molecule has 11 heteroatoms. The van der Waals surface area contributed by atoms with Crippen LogP contribution in [-0.4, -0.2) is 47.6 Å². The summed E-state index contributed by atoms with van der Waals surface area (Å²) in [5, 5.41) is 18.0. The Balaban J connectivity index is 1.51. The van der Waals surface area contributed by atoms with Gasteiger partial charge in [-0.3, -0.25) is 14.3 Å². The first-order valence-corrected chi connectivity index (χ1v) is 11.3. The van der Waals surface area contributed by atoms with Gasteiger partial charge in [-0.2, -0.15) is 5.10 Å². The van der Waals surface area contributed by atoms with E-state index in [1.54, 1.807) is 37.2 Å². The normalized spacial score (nSPS) is 19.2. The molecule has 1 aliphatic rings. The van der Waals surface area contributed by atoms with E-state index in [0.29, 0.717) is 22.5 Å². The molecule has 3 aromatic rings. The maximum absolute atomic E-state index is 13.3. The van der Waals surface area contributed by atoms with Crippen molar-refractivity contribution in [3.63, 3.8) is 0 Å². The van der Waals surface area contributed by atoms with Crippen molar-refractivity contribution in [1.29, 1.82) is 0 Å². The van der Waals surface area contributed by atoms with Gasteiger partial charge in [0, 0.05) is 25.9 Å². The quantitative estimate of drug-likeness (QED) is 0.571. The SMILES string of the molecule is CC1CCC([C@H](NC(=O)c2cnnn2C)C(=O)Nc2ccc(-c3c(Cl)cnn3C)cn2)CC1. The lowest BCUT2D eigenvalue weighted by Gasteiger charge is -2.32. The molecule has 1 fully saturated rings. The van der Waals surface area contributed by atoms with Crippen molar-refractivity contribution in [3.05, 3.63) is 41.4 Å². The summed E-state index contributed by atoms with van der Waals surface area (Å²) in [7, 11) is 3.44. The summed E-state index contributed by atoms with van der Waals surface area (Å²) in [6.07, 6.45) is 8.38. The lowest BCUT2D eigenvalue weighted by atomic mass is 9.79. The van der Waals surface area contributed by atoms with E-state index in [1.807, 2.05) is 6.07 Å². The van der Waals surface area contributed by atoms with Gasteiger partial charge in [0.05, 0.1) is 23.1 Å². The molecule has 33 heavy (non-hydrogen) atoms. The second kappa shape index (κ2) is 9.70. The Hall–Kier alpha value is -3.27. The molecule has 0 aromatic carbocycles. The lowest BCUT2D eigenvalue weighted by Crippen LogP contribution is -2.49. The number of hydrogen-bond donors (Lipinski definition) is 2. The van der Waals surface area contributed by atoms with Gasteiger partial charge in [0.25, 0.3) is 5.91 Å². The first-order valence-electron chi connectivity index (χ1n) is 10.9. The molecule has 1 atom stereocenters. The Bertz CT molecular complexity index is 1110. The van der Waals surface area contributed by atoms with Crippen LogP contribution in [0.1, 0.15) is 43.1 Å². The molecule has 174 valence electrons. The molecule has 0 aliphatic heterocycles. The summed E-state index contributed by atoms with van der Waals surface area (Å²) < 4.78 is 3.05. The van der Waals surface area contributed by atoms with Crippen LogP contribution in [0.4, 0.5) is 5.82 Å². The monoisotopic (exact) mass is 470 g/mol. The smallest absolute Gasteiger partial charge is 0.271 e. The van der Waals surface area contributed by atoms with Crippen LogP contribution >= 0.6 is 11.6 Å². The van der Waals surface area contributed by atoms with Gasteiger partial charge in [-0.15, -0.1) is 5.10 Å². The minimum atomic E-state index is -0.687. The maximum atomic E-state index is 13.3. The first-order chi connectivity index (χ1) is 15.8. The first kappa shape index (κ1) is 22.9. The minimum absolute atomic E-state index is 0.0406. The van der Waals surface area contributed by atoms with Gasteiger partial charge in [-0.1, -0.05) is 36.6 Å². The van der Waals surface area contributed by atoms with Gasteiger partial charge in [0.2, 0.25) is 5.91 Å². The number of hydrogen-bond acceptors (Lipinski definition) is 6. The summed E-state index contributed by atoms with van der Waals surface area (Å²) in [6.45, 7) is 2.21. The summed E-state index contributed by atoms with van der Waals surface area (Å²) in [5.74, 6) is 0.383. The fraction of sp³-hybridized carbons (Fsp3) is 0.455. The second-order valence-corrected chi connectivity index (χ2v) is 9.01. The Morgan fingerprint density at radius 1 is 1.09 bits per heavy atom. The molecule has 10 nitrogen and oxygen atoms in total. The van der Waals surface area contributed by atoms with E-state index in [9.17, 15) is 9.59 Å². The van der Waals surface area contributed by atoms with E-state index in [4.69, 9.17) is 11.6 Å². The summed E-state index contributed by atoms with van der Waals surface area (Å²) >= 11 is 6.21. The number of anilines is 1. The number of halogens is 1. The lowest BCUT2D eigenvalue weighted by molar-refractivity contribution is -0.119. The summed E-state index contributed by atoms with van der Waals surface area (Å²) in [5.41, 5.74) is 1.83. The molecule has 1 aliphatic carbocycles. The number of aromatic nitrogens is 6. The van der Waals surface area contributed by atoms with Crippen molar-refractivity contribution in [1.82, 2.24) is 35.1 Å². The number of carbonyl (C=O) groups is 2. The predicted octanol–water partition coefficient (Wildman–Crippen LogP) is 2.83. The third-order valence-electron chi connectivity index (χ3n) is 6.23. The number of amides is 2. The van der Waals surface area contributed by atoms with Crippen LogP contribution in [0.5, 0.6) is 0 Å². The number of carbonyl (C=O) groups excluding carboxylic acids is 2. The van der Waals surface area contributed by atoms with Crippen LogP contribution in [-0.2, 0) is 18.9 Å². The van der Waals surface area contributed by atoms with Gasteiger partial charge in [0.15, 0.2) is 0 Å². The van der Waals surface area contributed by atoms with Crippen molar-refractivity contribution in [2.45, 2.75) is 38.6 Å². The summed E-state index contributed by atoms with van der Waals surface area (Å²) in [6, 6.07) is 2.85. The number of rotatable bonds is 6. The van der Waals surface area contributed by atoms with E-state index >= 15 is 0 Å². The highest BCUT2D eigenvalue weighted by molar-refractivity contribution is 6.33. The van der Waals surface area contributed by atoms with Crippen LogP contribution < -0.4 is 10.6 Å². The highest BCUT2D eigenvalue weighted by Crippen LogP contribution is 2.31. The molecule has 2 amide bonds. The zero-order valence-corrected chi connectivity index (χ0v) is 19.6. The van der Waals surface area contributed by atoms with E-state index in [0.717, 1.165) is 36.9 Å². The molecule has 0 radical (unpaired) electrons.